The van der Waals surface area contributed by atoms with Gasteiger partial charge in [0.1, 0.15) is 0 Å². The van der Waals surface area contributed by atoms with E-state index in [0.29, 0.717) is 6.42 Å². The molecule has 0 aromatic heterocycles. The van der Waals surface area contributed by atoms with Gasteiger partial charge in [-0.2, -0.15) is 0 Å². The van der Waals surface area contributed by atoms with E-state index in [0.717, 1.165) is 57.8 Å². The average molecular weight is 298 g/mol. The molecule has 0 saturated heterocycles. The fourth-order valence-electron chi connectivity index (χ4n) is 2.36. The highest BCUT2D eigenvalue weighted by atomic mass is 16.4. The molecule has 1 atom stereocenters. The molecule has 0 aromatic rings. The number of carbonyl (C=O) groups is 1. The molecule has 0 aliphatic heterocycles. The van der Waals surface area contributed by atoms with Crippen molar-refractivity contribution in [3.63, 3.8) is 0 Å². The maximum absolute atomic E-state index is 10.3. The Morgan fingerprint density at radius 1 is 0.952 bits per heavy atom. The third kappa shape index (κ3) is 17.1. The monoisotopic (exact) mass is 298 g/mol. The van der Waals surface area contributed by atoms with Crippen LogP contribution in [0.2, 0.25) is 0 Å². The van der Waals surface area contributed by atoms with Crippen LogP contribution in [0.4, 0.5) is 0 Å². The molecule has 0 rings (SSSR count). The summed E-state index contributed by atoms with van der Waals surface area (Å²) in [5, 5.41) is 18.4. The molecule has 124 valence electrons. The molecule has 3 nitrogen and oxygen atoms in total. The summed E-state index contributed by atoms with van der Waals surface area (Å²) in [6.45, 7) is 2.21. The summed E-state index contributed by atoms with van der Waals surface area (Å²) in [5.74, 6) is -0.694. The molecule has 0 radical (unpaired) electrons. The van der Waals surface area contributed by atoms with E-state index in [9.17, 15) is 9.90 Å². The van der Waals surface area contributed by atoms with Crippen molar-refractivity contribution >= 4 is 5.97 Å². The number of aliphatic carboxylic acids is 1. The van der Waals surface area contributed by atoms with Gasteiger partial charge in [-0.15, -0.1) is 0 Å². The molecule has 0 aromatic carbocycles. The standard InChI is InChI=1S/C18H34O3/c1-2-3-4-5-8-11-14-17(19)15-12-9-6-7-10-13-16-18(20)21/h8,11,17,19H,2-7,9-10,12-16H2,1H3,(H,20,21). The quantitative estimate of drug-likeness (QED) is 0.327. The van der Waals surface area contributed by atoms with Gasteiger partial charge in [0.05, 0.1) is 6.10 Å². The zero-order valence-corrected chi connectivity index (χ0v) is 13.7. The highest BCUT2D eigenvalue weighted by molar-refractivity contribution is 5.66. The van der Waals surface area contributed by atoms with E-state index in [1.54, 1.807) is 0 Å². The second-order valence-corrected chi connectivity index (χ2v) is 5.91. The number of carboxylic acids is 1. The predicted molar refractivity (Wildman–Crippen MR) is 88.5 cm³/mol. The topological polar surface area (TPSA) is 57.5 Å². The Bertz CT molecular complexity index is 261. The van der Waals surface area contributed by atoms with E-state index in [-0.39, 0.29) is 6.10 Å². The van der Waals surface area contributed by atoms with Crippen molar-refractivity contribution in [3.05, 3.63) is 12.2 Å². The van der Waals surface area contributed by atoms with E-state index >= 15 is 0 Å². The summed E-state index contributed by atoms with van der Waals surface area (Å²) < 4.78 is 0. The van der Waals surface area contributed by atoms with Gasteiger partial charge in [-0.25, -0.2) is 0 Å². The SMILES string of the molecule is CCCCCC=CCC(O)CCCCCCCCC(=O)O. The fourth-order valence-corrected chi connectivity index (χ4v) is 2.36. The first kappa shape index (κ1) is 20.2. The molecule has 0 heterocycles. The van der Waals surface area contributed by atoms with Crippen LogP contribution in [0, 0.1) is 0 Å². The van der Waals surface area contributed by atoms with Gasteiger partial charge in [0.15, 0.2) is 0 Å². The molecule has 0 bridgehead atoms. The molecule has 0 saturated carbocycles. The van der Waals surface area contributed by atoms with Crippen LogP contribution < -0.4 is 0 Å². The molecule has 0 amide bonds. The number of unbranched alkanes of at least 4 members (excludes halogenated alkanes) is 8. The van der Waals surface area contributed by atoms with Crippen molar-refractivity contribution in [1.82, 2.24) is 0 Å². The Morgan fingerprint density at radius 3 is 2.29 bits per heavy atom. The predicted octanol–water partition coefficient (Wildman–Crippen LogP) is 5.08. The fraction of sp³-hybridized carbons (Fsp3) is 0.833. The lowest BCUT2D eigenvalue weighted by atomic mass is 10.0. The van der Waals surface area contributed by atoms with Crippen LogP contribution in [0.15, 0.2) is 12.2 Å². The van der Waals surface area contributed by atoms with Crippen molar-refractivity contribution < 1.29 is 15.0 Å². The number of allylic oxidation sites excluding steroid dienone is 1. The maximum Gasteiger partial charge on any atom is 0.303 e. The van der Waals surface area contributed by atoms with Crippen LogP contribution >= 0.6 is 0 Å². The molecular weight excluding hydrogens is 264 g/mol. The van der Waals surface area contributed by atoms with Crippen LogP contribution in [0.1, 0.15) is 90.4 Å². The first-order valence-electron chi connectivity index (χ1n) is 8.71. The van der Waals surface area contributed by atoms with Gasteiger partial charge < -0.3 is 10.2 Å². The number of aliphatic hydroxyl groups is 1. The average Bonchev–Trinajstić information content (AvgIpc) is 2.45. The third-order valence-corrected chi connectivity index (χ3v) is 3.73. The van der Waals surface area contributed by atoms with E-state index in [2.05, 4.69) is 19.1 Å². The molecular formula is C18H34O3. The summed E-state index contributed by atoms with van der Waals surface area (Å²) in [6.07, 6.45) is 17.3. The Balaban J connectivity index is 3.26. The summed E-state index contributed by atoms with van der Waals surface area (Å²) >= 11 is 0. The largest absolute Gasteiger partial charge is 0.481 e. The van der Waals surface area contributed by atoms with Crippen molar-refractivity contribution in [2.75, 3.05) is 0 Å². The zero-order chi connectivity index (χ0) is 15.8. The van der Waals surface area contributed by atoms with Gasteiger partial charge in [0.25, 0.3) is 0 Å². The lowest BCUT2D eigenvalue weighted by molar-refractivity contribution is -0.137. The van der Waals surface area contributed by atoms with Gasteiger partial charge in [-0.1, -0.05) is 64.0 Å². The molecule has 0 spiro atoms. The van der Waals surface area contributed by atoms with Crippen molar-refractivity contribution in [2.45, 2.75) is 96.5 Å². The minimum absolute atomic E-state index is 0.195. The summed E-state index contributed by atoms with van der Waals surface area (Å²) in [5.41, 5.74) is 0. The number of hydrogen-bond acceptors (Lipinski definition) is 2. The van der Waals surface area contributed by atoms with Crippen molar-refractivity contribution in [2.24, 2.45) is 0 Å². The minimum Gasteiger partial charge on any atom is -0.481 e. The lowest BCUT2D eigenvalue weighted by Gasteiger charge is -2.07. The minimum atomic E-state index is -0.694. The highest BCUT2D eigenvalue weighted by Crippen LogP contribution is 2.11. The first-order chi connectivity index (χ1) is 10.2. The molecule has 21 heavy (non-hydrogen) atoms. The number of hydrogen-bond donors (Lipinski definition) is 2. The van der Waals surface area contributed by atoms with Gasteiger partial charge in [0, 0.05) is 6.42 Å². The Hall–Kier alpha value is -0.830. The molecule has 0 fully saturated rings. The van der Waals surface area contributed by atoms with Gasteiger partial charge in [0.2, 0.25) is 0 Å². The molecule has 3 heteroatoms. The lowest BCUT2D eigenvalue weighted by Crippen LogP contribution is -2.04. The molecule has 0 aliphatic carbocycles. The normalized spacial score (nSPS) is 12.9. The van der Waals surface area contributed by atoms with Gasteiger partial charge in [-0.05, 0) is 32.1 Å². The van der Waals surface area contributed by atoms with Crippen LogP contribution in [-0.4, -0.2) is 22.3 Å². The van der Waals surface area contributed by atoms with Crippen LogP contribution in [0.25, 0.3) is 0 Å². The maximum atomic E-state index is 10.3. The Labute approximate surface area is 130 Å². The smallest absolute Gasteiger partial charge is 0.303 e. The van der Waals surface area contributed by atoms with Crippen molar-refractivity contribution in [3.8, 4) is 0 Å². The van der Waals surface area contributed by atoms with Gasteiger partial charge in [-0.3, -0.25) is 4.79 Å². The van der Waals surface area contributed by atoms with Gasteiger partial charge >= 0.3 is 5.97 Å². The first-order valence-corrected chi connectivity index (χ1v) is 8.71. The second kappa shape index (κ2) is 15.6. The number of rotatable bonds is 15. The number of aliphatic hydroxyl groups excluding tert-OH is 1. The summed E-state index contributed by atoms with van der Waals surface area (Å²) in [4.78, 5) is 10.3. The summed E-state index contributed by atoms with van der Waals surface area (Å²) in [6, 6.07) is 0. The van der Waals surface area contributed by atoms with Crippen LogP contribution in [0.3, 0.4) is 0 Å². The molecule has 1 unspecified atom stereocenters. The Kier molecular flexibility index (Phi) is 14.9. The van der Waals surface area contributed by atoms with E-state index in [4.69, 9.17) is 5.11 Å². The second-order valence-electron chi connectivity index (χ2n) is 5.91. The zero-order valence-electron chi connectivity index (χ0n) is 13.7. The molecule has 2 N–H and O–H groups in total. The number of carboxylic acid groups (broad SMARTS) is 1. The van der Waals surface area contributed by atoms with E-state index in [1.165, 1.54) is 19.3 Å². The van der Waals surface area contributed by atoms with E-state index in [1.807, 2.05) is 0 Å². The summed E-state index contributed by atoms with van der Waals surface area (Å²) in [7, 11) is 0. The van der Waals surface area contributed by atoms with Crippen LogP contribution in [-0.2, 0) is 4.79 Å². The third-order valence-electron chi connectivity index (χ3n) is 3.73. The van der Waals surface area contributed by atoms with Crippen LogP contribution in [0.5, 0.6) is 0 Å². The van der Waals surface area contributed by atoms with Crippen molar-refractivity contribution in [1.29, 1.82) is 0 Å². The Morgan fingerprint density at radius 2 is 1.62 bits per heavy atom. The van der Waals surface area contributed by atoms with E-state index < -0.39 is 5.97 Å². The molecule has 0 aliphatic rings. The highest BCUT2D eigenvalue weighted by Gasteiger charge is 2.01.